The van der Waals surface area contributed by atoms with E-state index in [2.05, 4.69) is 42.7 Å². The number of methoxy groups -OCH3 is 1. The van der Waals surface area contributed by atoms with Crippen molar-refractivity contribution in [2.24, 2.45) is 5.92 Å². The lowest BCUT2D eigenvalue weighted by molar-refractivity contribution is -0.126. The molecular weight excluding hydrogens is 451 g/mol. The van der Waals surface area contributed by atoms with Crippen LogP contribution in [0.4, 0.5) is 19.0 Å². The molecule has 0 N–H and O–H groups in total. The molecule has 2 fully saturated rings. The predicted octanol–water partition coefficient (Wildman–Crippen LogP) is 4.34. The number of fused-ring (bicyclic) bond motifs is 2. The van der Waals surface area contributed by atoms with Crippen molar-refractivity contribution in [3.63, 3.8) is 0 Å². The number of rotatable bonds is 7. The van der Waals surface area contributed by atoms with E-state index in [1.165, 1.54) is 12.0 Å². The fraction of sp³-hybridized carbons (Fsp3) is 0.565. The third-order valence-electron chi connectivity index (χ3n) is 6.81. The van der Waals surface area contributed by atoms with Crippen LogP contribution in [0.5, 0.6) is 0 Å². The highest BCUT2D eigenvalue weighted by molar-refractivity contribution is 7.18. The Hall–Kier alpha value is -2.17. The number of likely N-dealkylation sites (tertiary alicyclic amines) is 1. The summed E-state index contributed by atoms with van der Waals surface area (Å²) in [4.78, 5) is 14.5. The fourth-order valence-electron chi connectivity index (χ4n) is 5.31. The van der Waals surface area contributed by atoms with Gasteiger partial charge in [-0.05, 0) is 43.5 Å². The number of nitrogens with zero attached hydrogens (tertiary/aromatic N) is 5. The molecule has 3 aromatic heterocycles. The van der Waals surface area contributed by atoms with Crippen LogP contribution in [0.2, 0.25) is 0 Å². The molecule has 0 saturated carbocycles. The number of alkyl halides is 3. The normalized spacial score (nSPS) is 21.8. The van der Waals surface area contributed by atoms with Crippen molar-refractivity contribution >= 4 is 27.4 Å². The van der Waals surface area contributed by atoms with E-state index in [9.17, 15) is 13.2 Å². The number of thiophene rings is 1. The van der Waals surface area contributed by atoms with Crippen molar-refractivity contribution in [2.45, 2.75) is 44.6 Å². The molecule has 0 spiro atoms. The average Bonchev–Trinajstić information content (AvgIpc) is 3.49. The minimum Gasteiger partial charge on any atom is -0.383 e. The molecule has 0 amide bonds. The van der Waals surface area contributed by atoms with Gasteiger partial charge in [0.15, 0.2) is 0 Å². The highest BCUT2D eigenvalue weighted by atomic mass is 32.1. The number of halogens is 3. The van der Waals surface area contributed by atoms with Crippen LogP contribution in [0.25, 0.3) is 10.2 Å². The van der Waals surface area contributed by atoms with Gasteiger partial charge in [0, 0.05) is 56.1 Å². The largest absolute Gasteiger partial charge is 0.393 e. The third kappa shape index (κ3) is 4.88. The van der Waals surface area contributed by atoms with Gasteiger partial charge in [0.25, 0.3) is 0 Å². The SMILES string of the molecule is COCCn1cccc1CN1CCC2CN(c3ncnc4sc(CC(F)(F)F)cc34)CCC21. The minimum absolute atomic E-state index is 0.289. The predicted molar refractivity (Wildman–Crippen MR) is 123 cm³/mol. The molecule has 178 valence electrons. The Balaban J connectivity index is 1.28. The maximum Gasteiger partial charge on any atom is 0.393 e. The zero-order valence-electron chi connectivity index (χ0n) is 18.6. The number of piperidine rings is 1. The Morgan fingerprint density at radius 2 is 2.09 bits per heavy atom. The third-order valence-corrected chi connectivity index (χ3v) is 7.85. The van der Waals surface area contributed by atoms with E-state index >= 15 is 0 Å². The molecule has 10 heteroatoms. The molecule has 2 unspecified atom stereocenters. The summed E-state index contributed by atoms with van der Waals surface area (Å²) in [5.41, 5.74) is 1.31. The van der Waals surface area contributed by atoms with Gasteiger partial charge in [0.1, 0.15) is 17.0 Å². The maximum atomic E-state index is 12.9. The number of ether oxygens (including phenoxy) is 1. The van der Waals surface area contributed by atoms with Crippen molar-refractivity contribution in [3.8, 4) is 0 Å². The van der Waals surface area contributed by atoms with Gasteiger partial charge in [-0.2, -0.15) is 13.2 Å². The molecule has 2 saturated heterocycles. The van der Waals surface area contributed by atoms with E-state index in [4.69, 9.17) is 4.74 Å². The van der Waals surface area contributed by atoms with Crippen LogP contribution in [0.15, 0.2) is 30.7 Å². The highest BCUT2D eigenvalue weighted by Gasteiger charge is 2.39. The molecule has 2 atom stereocenters. The minimum atomic E-state index is -4.22. The number of hydrogen-bond donors (Lipinski definition) is 0. The first kappa shape index (κ1) is 22.6. The van der Waals surface area contributed by atoms with E-state index in [1.54, 1.807) is 13.2 Å². The second-order valence-electron chi connectivity index (χ2n) is 8.93. The van der Waals surface area contributed by atoms with Crippen LogP contribution in [-0.4, -0.2) is 65.0 Å². The zero-order valence-corrected chi connectivity index (χ0v) is 19.4. The summed E-state index contributed by atoms with van der Waals surface area (Å²) >= 11 is 1.11. The van der Waals surface area contributed by atoms with E-state index in [0.717, 1.165) is 68.1 Å². The highest BCUT2D eigenvalue weighted by Crippen LogP contribution is 2.38. The Labute approximate surface area is 195 Å². The maximum absolute atomic E-state index is 12.9. The van der Waals surface area contributed by atoms with Gasteiger partial charge in [-0.15, -0.1) is 11.3 Å². The van der Waals surface area contributed by atoms with Gasteiger partial charge < -0.3 is 14.2 Å². The first-order valence-electron chi connectivity index (χ1n) is 11.3. The lowest BCUT2D eigenvalue weighted by Crippen LogP contribution is -2.46. The van der Waals surface area contributed by atoms with Crippen LogP contribution < -0.4 is 4.90 Å². The van der Waals surface area contributed by atoms with Crippen molar-refractivity contribution in [1.29, 1.82) is 0 Å². The van der Waals surface area contributed by atoms with Gasteiger partial charge in [-0.1, -0.05) is 0 Å². The second-order valence-corrected chi connectivity index (χ2v) is 10.0. The van der Waals surface area contributed by atoms with E-state index in [0.29, 0.717) is 23.4 Å². The Morgan fingerprint density at radius 1 is 1.21 bits per heavy atom. The molecule has 0 bridgehead atoms. The molecule has 0 radical (unpaired) electrons. The van der Waals surface area contributed by atoms with Crippen LogP contribution in [-0.2, 0) is 24.2 Å². The smallest absolute Gasteiger partial charge is 0.383 e. The Kier molecular flexibility index (Phi) is 6.32. The Bertz CT molecular complexity index is 1100. The summed E-state index contributed by atoms with van der Waals surface area (Å²) in [6, 6.07) is 6.43. The molecule has 0 aliphatic carbocycles. The summed E-state index contributed by atoms with van der Waals surface area (Å²) in [7, 11) is 1.72. The van der Waals surface area contributed by atoms with Crippen LogP contribution in [0.3, 0.4) is 0 Å². The van der Waals surface area contributed by atoms with E-state index in [1.807, 2.05) is 0 Å². The monoisotopic (exact) mass is 479 g/mol. The topological polar surface area (TPSA) is 46.4 Å². The van der Waals surface area contributed by atoms with Crippen molar-refractivity contribution in [1.82, 2.24) is 19.4 Å². The first-order valence-corrected chi connectivity index (χ1v) is 12.1. The van der Waals surface area contributed by atoms with Gasteiger partial charge in [0.2, 0.25) is 0 Å². The summed E-state index contributed by atoms with van der Waals surface area (Å²) in [6.07, 6.45) is 0.597. The quantitative estimate of drug-likeness (QED) is 0.504. The zero-order chi connectivity index (χ0) is 23.0. The molecule has 2 aliphatic rings. The molecular formula is C23H28F3N5OS. The van der Waals surface area contributed by atoms with Crippen molar-refractivity contribution in [2.75, 3.05) is 38.3 Å². The van der Waals surface area contributed by atoms with Gasteiger partial charge >= 0.3 is 6.18 Å². The van der Waals surface area contributed by atoms with Crippen molar-refractivity contribution in [3.05, 3.63) is 41.3 Å². The van der Waals surface area contributed by atoms with Gasteiger partial charge in [0.05, 0.1) is 18.4 Å². The summed E-state index contributed by atoms with van der Waals surface area (Å²) in [5, 5.41) is 0.742. The number of hydrogen-bond acceptors (Lipinski definition) is 6. The first-order chi connectivity index (χ1) is 15.9. The average molecular weight is 480 g/mol. The molecule has 33 heavy (non-hydrogen) atoms. The molecule has 5 rings (SSSR count). The Morgan fingerprint density at radius 3 is 2.91 bits per heavy atom. The second kappa shape index (κ2) is 9.23. The lowest BCUT2D eigenvalue weighted by Gasteiger charge is -2.38. The molecule has 3 aromatic rings. The number of anilines is 1. The molecule has 6 nitrogen and oxygen atoms in total. The summed E-state index contributed by atoms with van der Waals surface area (Å²) in [5.74, 6) is 1.30. The number of aromatic nitrogens is 3. The van der Waals surface area contributed by atoms with Gasteiger partial charge in [-0.3, -0.25) is 4.90 Å². The molecule has 2 aliphatic heterocycles. The fourth-order valence-corrected chi connectivity index (χ4v) is 6.33. The summed E-state index contributed by atoms with van der Waals surface area (Å²) in [6.45, 7) is 5.27. The molecule has 5 heterocycles. The van der Waals surface area contributed by atoms with Crippen LogP contribution in [0.1, 0.15) is 23.4 Å². The van der Waals surface area contributed by atoms with E-state index in [-0.39, 0.29) is 4.88 Å². The molecule has 0 aromatic carbocycles. The summed E-state index contributed by atoms with van der Waals surface area (Å²) < 4.78 is 46.1. The van der Waals surface area contributed by atoms with Crippen molar-refractivity contribution < 1.29 is 17.9 Å². The van der Waals surface area contributed by atoms with Crippen LogP contribution in [0, 0.1) is 5.92 Å². The van der Waals surface area contributed by atoms with Crippen LogP contribution >= 0.6 is 11.3 Å². The van der Waals surface area contributed by atoms with Gasteiger partial charge in [-0.25, -0.2) is 9.97 Å². The van der Waals surface area contributed by atoms with E-state index < -0.39 is 12.6 Å². The lowest BCUT2D eigenvalue weighted by atomic mass is 9.92. The standard InChI is InChI=1S/C23H28F3N5OS/c1-32-10-9-29-6-2-3-17(29)14-30-7-4-16-13-31(8-5-20(16)30)21-19-11-18(12-23(24,25)26)33-22(19)28-15-27-21/h2-3,6,11,15-16,20H,4-5,7-10,12-14H2,1H3.